The quantitative estimate of drug-likeness (QED) is 0.757. The normalized spacial score (nSPS) is 30.7. The number of sulfone groups is 1. The van der Waals surface area contributed by atoms with Gasteiger partial charge in [-0.3, -0.25) is 9.80 Å². The van der Waals surface area contributed by atoms with E-state index in [1.165, 1.54) is 0 Å². The molecule has 0 spiro atoms. The highest BCUT2D eigenvalue weighted by Gasteiger charge is 2.34. The van der Waals surface area contributed by atoms with Crippen LogP contribution in [0.5, 0.6) is 0 Å². The fourth-order valence-electron chi connectivity index (χ4n) is 2.90. The molecule has 2 fully saturated rings. The van der Waals surface area contributed by atoms with Crippen molar-refractivity contribution < 1.29 is 13.5 Å². The van der Waals surface area contributed by atoms with Crippen LogP contribution in [0.3, 0.4) is 0 Å². The SMILES string of the molecule is CC(C)(O)CN1CCN(C2CCS(=O)(=O)C2)CC1. The van der Waals surface area contributed by atoms with E-state index in [-0.39, 0.29) is 6.04 Å². The van der Waals surface area contributed by atoms with E-state index in [0.29, 0.717) is 18.1 Å². The molecular formula is C12H24N2O3S. The largest absolute Gasteiger partial charge is 0.389 e. The zero-order valence-corrected chi connectivity index (χ0v) is 12.1. The molecular weight excluding hydrogens is 252 g/mol. The smallest absolute Gasteiger partial charge is 0.151 e. The topological polar surface area (TPSA) is 60.9 Å². The number of β-amino-alcohol motifs (C(OH)–C–C–N with tert-alkyl or cyclic N) is 1. The van der Waals surface area contributed by atoms with Gasteiger partial charge in [-0.15, -0.1) is 0 Å². The summed E-state index contributed by atoms with van der Waals surface area (Å²) in [5.41, 5.74) is -0.654. The third-order valence-electron chi connectivity index (χ3n) is 3.74. The third kappa shape index (κ3) is 3.91. The van der Waals surface area contributed by atoms with Crippen molar-refractivity contribution in [3.8, 4) is 0 Å². The lowest BCUT2D eigenvalue weighted by Gasteiger charge is -2.39. The number of nitrogens with zero attached hydrogens (tertiary/aromatic N) is 2. The second-order valence-corrected chi connectivity index (χ2v) is 8.41. The van der Waals surface area contributed by atoms with Gasteiger partial charge >= 0.3 is 0 Å². The molecule has 0 bridgehead atoms. The van der Waals surface area contributed by atoms with Gasteiger partial charge in [0, 0.05) is 38.8 Å². The summed E-state index contributed by atoms with van der Waals surface area (Å²) in [6.45, 7) is 7.99. The molecule has 2 rings (SSSR count). The molecule has 1 atom stereocenters. The molecule has 5 nitrogen and oxygen atoms in total. The van der Waals surface area contributed by atoms with Crippen molar-refractivity contribution in [1.29, 1.82) is 0 Å². The Morgan fingerprint density at radius 1 is 1.22 bits per heavy atom. The highest BCUT2D eigenvalue weighted by Crippen LogP contribution is 2.19. The molecule has 0 aromatic heterocycles. The average Bonchev–Trinajstić information content (AvgIpc) is 2.57. The molecule has 0 saturated carbocycles. The Kier molecular flexibility index (Phi) is 4.02. The molecule has 0 amide bonds. The Morgan fingerprint density at radius 2 is 1.83 bits per heavy atom. The van der Waals surface area contributed by atoms with Gasteiger partial charge in [-0.2, -0.15) is 0 Å². The Morgan fingerprint density at radius 3 is 2.28 bits per heavy atom. The second-order valence-electron chi connectivity index (χ2n) is 6.18. The van der Waals surface area contributed by atoms with Crippen LogP contribution in [0.15, 0.2) is 0 Å². The van der Waals surface area contributed by atoms with Gasteiger partial charge in [-0.05, 0) is 20.3 Å². The summed E-state index contributed by atoms with van der Waals surface area (Å²) in [4.78, 5) is 4.55. The van der Waals surface area contributed by atoms with Gasteiger partial charge in [-0.25, -0.2) is 8.42 Å². The van der Waals surface area contributed by atoms with Crippen LogP contribution >= 0.6 is 0 Å². The lowest BCUT2D eigenvalue weighted by Crippen LogP contribution is -2.53. The van der Waals surface area contributed by atoms with Crippen LogP contribution in [0.1, 0.15) is 20.3 Å². The minimum Gasteiger partial charge on any atom is -0.389 e. The average molecular weight is 276 g/mol. The van der Waals surface area contributed by atoms with Gasteiger partial charge in [0.1, 0.15) is 0 Å². The predicted molar refractivity (Wildman–Crippen MR) is 71.4 cm³/mol. The molecule has 0 aromatic carbocycles. The molecule has 2 saturated heterocycles. The van der Waals surface area contributed by atoms with E-state index in [1.54, 1.807) is 0 Å². The van der Waals surface area contributed by atoms with E-state index in [9.17, 15) is 13.5 Å². The highest BCUT2D eigenvalue weighted by molar-refractivity contribution is 7.91. The second kappa shape index (κ2) is 5.07. The maximum absolute atomic E-state index is 11.5. The molecule has 2 aliphatic heterocycles. The zero-order chi connectivity index (χ0) is 13.4. The maximum atomic E-state index is 11.5. The standard InChI is InChI=1S/C12H24N2O3S/c1-12(2,15)10-13-4-6-14(7-5-13)11-3-8-18(16,17)9-11/h11,15H,3-10H2,1-2H3. The van der Waals surface area contributed by atoms with E-state index >= 15 is 0 Å². The van der Waals surface area contributed by atoms with Crippen LogP contribution in [-0.4, -0.2) is 79.2 Å². The summed E-state index contributed by atoms with van der Waals surface area (Å²) in [7, 11) is -2.78. The molecule has 0 aliphatic carbocycles. The molecule has 1 unspecified atom stereocenters. The predicted octanol–water partition coefficient (Wildman–Crippen LogP) is -0.438. The van der Waals surface area contributed by atoms with E-state index in [2.05, 4.69) is 9.80 Å². The first-order valence-electron chi connectivity index (χ1n) is 6.64. The van der Waals surface area contributed by atoms with E-state index in [0.717, 1.165) is 32.6 Å². The summed E-state index contributed by atoms with van der Waals surface area (Å²) >= 11 is 0. The third-order valence-corrected chi connectivity index (χ3v) is 5.49. The fourth-order valence-corrected chi connectivity index (χ4v) is 4.66. The molecule has 2 aliphatic rings. The van der Waals surface area contributed by atoms with Crippen LogP contribution in [-0.2, 0) is 9.84 Å². The van der Waals surface area contributed by atoms with Crippen LogP contribution in [0.4, 0.5) is 0 Å². The molecule has 0 aromatic rings. The Labute approximate surface area is 110 Å². The van der Waals surface area contributed by atoms with Gasteiger partial charge in [-0.1, -0.05) is 0 Å². The maximum Gasteiger partial charge on any atom is 0.151 e. The van der Waals surface area contributed by atoms with E-state index in [1.807, 2.05) is 13.8 Å². The number of rotatable bonds is 3. The minimum atomic E-state index is -2.78. The van der Waals surface area contributed by atoms with E-state index < -0.39 is 15.4 Å². The van der Waals surface area contributed by atoms with Crippen molar-refractivity contribution in [3.63, 3.8) is 0 Å². The lowest BCUT2D eigenvalue weighted by molar-refractivity contribution is 0.0127. The number of piperazine rings is 1. The van der Waals surface area contributed by atoms with Crippen molar-refractivity contribution >= 4 is 9.84 Å². The first kappa shape index (κ1) is 14.2. The van der Waals surface area contributed by atoms with Crippen LogP contribution in [0.2, 0.25) is 0 Å². The number of hydrogen-bond acceptors (Lipinski definition) is 5. The van der Waals surface area contributed by atoms with Crippen molar-refractivity contribution in [3.05, 3.63) is 0 Å². The zero-order valence-electron chi connectivity index (χ0n) is 11.3. The number of aliphatic hydroxyl groups is 1. The first-order valence-corrected chi connectivity index (χ1v) is 8.47. The molecule has 0 radical (unpaired) electrons. The summed E-state index contributed by atoms with van der Waals surface area (Å²) in [5.74, 6) is 0.681. The Balaban J connectivity index is 1.81. The van der Waals surface area contributed by atoms with Gasteiger partial charge in [0.2, 0.25) is 0 Å². The molecule has 1 N–H and O–H groups in total. The summed E-state index contributed by atoms with van der Waals surface area (Å²) in [6, 6.07) is 0.222. The summed E-state index contributed by atoms with van der Waals surface area (Å²) in [6.07, 6.45) is 0.786. The van der Waals surface area contributed by atoms with Gasteiger partial charge < -0.3 is 5.11 Å². The van der Waals surface area contributed by atoms with Crippen molar-refractivity contribution in [1.82, 2.24) is 9.80 Å². The van der Waals surface area contributed by atoms with Crippen LogP contribution in [0.25, 0.3) is 0 Å². The Hall–Kier alpha value is -0.170. The molecule has 106 valence electrons. The van der Waals surface area contributed by atoms with E-state index in [4.69, 9.17) is 0 Å². The fraction of sp³-hybridized carbons (Fsp3) is 1.00. The summed E-state index contributed by atoms with van der Waals surface area (Å²) < 4.78 is 22.9. The van der Waals surface area contributed by atoms with Crippen molar-refractivity contribution in [2.45, 2.75) is 31.9 Å². The monoisotopic (exact) mass is 276 g/mol. The summed E-state index contributed by atoms with van der Waals surface area (Å²) in [5, 5.41) is 9.78. The van der Waals surface area contributed by atoms with Crippen LogP contribution < -0.4 is 0 Å². The van der Waals surface area contributed by atoms with Crippen LogP contribution in [0, 0.1) is 0 Å². The highest BCUT2D eigenvalue weighted by atomic mass is 32.2. The minimum absolute atomic E-state index is 0.222. The Bertz CT molecular complexity index is 381. The lowest BCUT2D eigenvalue weighted by atomic mass is 10.1. The van der Waals surface area contributed by atoms with Gasteiger partial charge in [0.15, 0.2) is 9.84 Å². The first-order chi connectivity index (χ1) is 8.25. The molecule has 2 heterocycles. The molecule has 6 heteroatoms. The van der Waals surface area contributed by atoms with Gasteiger partial charge in [0.05, 0.1) is 17.1 Å². The van der Waals surface area contributed by atoms with Gasteiger partial charge in [0.25, 0.3) is 0 Å². The molecule has 18 heavy (non-hydrogen) atoms. The number of hydrogen-bond donors (Lipinski definition) is 1. The van der Waals surface area contributed by atoms with Crippen molar-refractivity contribution in [2.75, 3.05) is 44.2 Å². The van der Waals surface area contributed by atoms with Crippen molar-refractivity contribution in [2.24, 2.45) is 0 Å².